The Morgan fingerprint density at radius 3 is 2.85 bits per heavy atom. The molecular weight excluding hydrogens is 468 g/mol. The van der Waals surface area contributed by atoms with E-state index in [4.69, 9.17) is 28.2 Å². The van der Waals surface area contributed by atoms with Gasteiger partial charge < -0.3 is 10.3 Å². The third-order valence-electron chi connectivity index (χ3n) is 5.28. The minimum atomic E-state index is -0.537. The summed E-state index contributed by atoms with van der Waals surface area (Å²) in [6.07, 6.45) is 3.47. The highest BCUT2D eigenvalue weighted by Gasteiger charge is 2.23. The van der Waals surface area contributed by atoms with E-state index >= 15 is 0 Å². The molecule has 0 aliphatic carbocycles. The highest BCUT2D eigenvalue weighted by Crippen LogP contribution is 2.31. The van der Waals surface area contributed by atoms with Crippen molar-refractivity contribution in [2.75, 3.05) is 5.32 Å². The molecule has 0 spiro atoms. The summed E-state index contributed by atoms with van der Waals surface area (Å²) in [6.45, 7) is 1.94. The predicted octanol–water partition coefficient (Wildman–Crippen LogP) is 5.06. The molecule has 2 aromatic carbocycles. The molecule has 166 valence electrons. The van der Waals surface area contributed by atoms with Crippen LogP contribution >= 0.6 is 23.2 Å². The fourth-order valence-corrected chi connectivity index (χ4v) is 4.07. The molecule has 8 nitrogen and oxygen atoms in total. The Kier molecular flexibility index (Phi) is 5.43. The van der Waals surface area contributed by atoms with E-state index in [0.717, 1.165) is 6.07 Å². The molecule has 33 heavy (non-hydrogen) atoms. The van der Waals surface area contributed by atoms with Crippen molar-refractivity contribution >= 4 is 51.1 Å². The van der Waals surface area contributed by atoms with Gasteiger partial charge in [-0.3, -0.25) is 9.36 Å². The second kappa shape index (κ2) is 8.42. The number of H-pyrrole nitrogens is 1. The van der Waals surface area contributed by atoms with Gasteiger partial charge in [-0.15, -0.1) is 0 Å². The van der Waals surface area contributed by atoms with Crippen molar-refractivity contribution < 1.29 is 4.39 Å². The van der Waals surface area contributed by atoms with Crippen LogP contribution in [0.4, 0.5) is 10.2 Å². The molecule has 0 radical (unpaired) electrons. The first-order valence-corrected chi connectivity index (χ1v) is 10.8. The van der Waals surface area contributed by atoms with E-state index < -0.39 is 17.4 Å². The number of benzene rings is 2. The van der Waals surface area contributed by atoms with Crippen molar-refractivity contribution in [1.82, 2.24) is 29.5 Å². The van der Waals surface area contributed by atoms with Gasteiger partial charge >= 0.3 is 0 Å². The standard InChI is InChI=1S/C22H16Cl2FN7O/c1-2-14(30-20-18-19(27-9-26-18)28-10-29-20)21-31-15-7-6-11(25)8-12(15)22(33)32(21)16-5-3-4-13(23)17(16)24/h3-10,14H,2H2,1H3,(H2,26,27,28,29,30). The quantitative estimate of drug-likeness (QED) is 0.362. The van der Waals surface area contributed by atoms with E-state index in [9.17, 15) is 9.18 Å². The van der Waals surface area contributed by atoms with Crippen LogP contribution in [0.2, 0.25) is 10.0 Å². The third-order valence-corrected chi connectivity index (χ3v) is 6.09. The maximum atomic E-state index is 14.0. The SMILES string of the molecule is CCC(Nc1ncnc2[nH]cnc12)c1nc2ccc(F)cc2c(=O)n1-c1cccc(Cl)c1Cl. The lowest BCUT2D eigenvalue weighted by Crippen LogP contribution is -2.28. The molecule has 1 unspecified atom stereocenters. The Hall–Kier alpha value is -3.56. The number of aromatic amines is 1. The highest BCUT2D eigenvalue weighted by atomic mass is 35.5. The predicted molar refractivity (Wildman–Crippen MR) is 126 cm³/mol. The average Bonchev–Trinajstić information content (AvgIpc) is 3.30. The second-order valence-electron chi connectivity index (χ2n) is 7.27. The van der Waals surface area contributed by atoms with Crippen molar-refractivity contribution in [3.63, 3.8) is 0 Å². The zero-order valence-electron chi connectivity index (χ0n) is 17.2. The number of aromatic nitrogens is 6. The summed E-state index contributed by atoms with van der Waals surface area (Å²) in [6, 6.07) is 8.39. The minimum Gasteiger partial charge on any atom is -0.358 e. The Labute approximate surface area is 196 Å². The molecule has 0 aliphatic heterocycles. The molecule has 5 aromatic rings. The number of nitrogens with one attached hydrogen (secondary N) is 2. The summed E-state index contributed by atoms with van der Waals surface area (Å²) >= 11 is 12.7. The topological polar surface area (TPSA) is 101 Å². The van der Waals surface area contributed by atoms with E-state index in [1.807, 2.05) is 6.92 Å². The van der Waals surface area contributed by atoms with Crippen LogP contribution in [0.5, 0.6) is 0 Å². The first-order valence-electron chi connectivity index (χ1n) is 10.0. The number of rotatable bonds is 5. The Bertz CT molecular complexity index is 1570. The van der Waals surface area contributed by atoms with Crippen molar-refractivity contribution in [3.8, 4) is 5.69 Å². The molecule has 3 heterocycles. The number of imidazole rings is 1. The zero-order valence-corrected chi connectivity index (χ0v) is 18.7. The summed E-state index contributed by atoms with van der Waals surface area (Å²) in [7, 11) is 0. The Morgan fingerprint density at radius 1 is 1.18 bits per heavy atom. The smallest absolute Gasteiger partial charge is 0.266 e. The van der Waals surface area contributed by atoms with Gasteiger partial charge in [0, 0.05) is 0 Å². The van der Waals surface area contributed by atoms with Crippen LogP contribution < -0.4 is 10.9 Å². The first-order chi connectivity index (χ1) is 16.0. The van der Waals surface area contributed by atoms with Gasteiger partial charge in [0.1, 0.15) is 23.5 Å². The summed E-state index contributed by atoms with van der Waals surface area (Å²) in [5.74, 6) is 0.309. The lowest BCUT2D eigenvalue weighted by molar-refractivity contribution is 0.628. The van der Waals surface area contributed by atoms with E-state index in [1.165, 1.54) is 29.4 Å². The lowest BCUT2D eigenvalue weighted by Gasteiger charge is -2.22. The van der Waals surface area contributed by atoms with E-state index in [2.05, 4.69) is 25.3 Å². The number of fused-ring (bicyclic) bond motifs is 2. The molecule has 0 fully saturated rings. The van der Waals surface area contributed by atoms with E-state index in [0.29, 0.717) is 40.4 Å². The lowest BCUT2D eigenvalue weighted by atomic mass is 10.1. The normalized spacial score (nSPS) is 12.4. The van der Waals surface area contributed by atoms with Crippen LogP contribution in [-0.4, -0.2) is 29.5 Å². The maximum Gasteiger partial charge on any atom is 0.266 e. The monoisotopic (exact) mass is 483 g/mol. The summed E-state index contributed by atoms with van der Waals surface area (Å²) < 4.78 is 15.3. The van der Waals surface area contributed by atoms with Crippen LogP contribution in [-0.2, 0) is 0 Å². The number of nitrogens with zero attached hydrogens (tertiary/aromatic N) is 5. The fraction of sp³-hybridized carbons (Fsp3) is 0.136. The molecule has 0 aliphatic rings. The van der Waals surface area contributed by atoms with Crippen molar-refractivity contribution in [2.24, 2.45) is 0 Å². The van der Waals surface area contributed by atoms with Gasteiger partial charge in [0.2, 0.25) is 0 Å². The molecule has 0 saturated carbocycles. The van der Waals surface area contributed by atoms with Crippen molar-refractivity contribution in [3.05, 3.63) is 81.1 Å². The van der Waals surface area contributed by atoms with Gasteiger partial charge in [0.05, 0.1) is 39.0 Å². The second-order valence-corrected chi connectivity index (χ2v) is 8.06. The summed E-state index contributed by atoms with van der Waals surface area (Å²) in [4.78, 5) is 34.0. The molecule has 0 bridgehead atoms. The Morgan fingerprint density at radius 2 is 2.03 bits per heavy atom. The fourth-order valence-electron chi connectivity index (χ4n) is 3.69. The van der Waals surface area contributed by atoms with Gasteiger partial charge in [-0.05, 0) is 36.8 Å². The van der Waals surface area contributed by atoms with Crippen LogP contribution in [0.1, 0.15) is 25.2 Å². The van der Waals surface area contributed by atoms with Crippen LogP contribution in [0.25, 0.3) is 27.8 Å². The van der Waals surface area contributed by atoms with E-state index in [-0.39, 0.29) is 15.4 Å². The molecule has 1 atom stereocenters. The molecule has 2 N–H and O–H groups in total. The Balaban J connectivity index is 1.76. The van der Waals surface area contributed by atoms with Gasteiger partial charge in [0.25, 0.3) is 5.56 Å². The van der Waals surface area contributed by atoms with Gasteiger partial charge in [-0.1, -0.05) is 36.2 Å². The highest BCUT2D eigenvalue weighted by molar-refractivity contribution is 6.43. The maximum absolute atomic E-state index is 14.0. The average molecular weight is 484 g/mol. The molecule has 0 amide bonds. The van der Waals surface area contributed by atoms with Crippen molar-refractivity contribution in [1.29, 1.82) is 0 Å². The largest absolute Gasteiger partial charge is 0.358 e. The number of halogens is 3. The number of anilines is 1. The van der Waals surface area contributed by atoms with Crippen molar-refractivity contribution in [2.45, 2.75) is 19.4 Å². The van der Waals surface area contributed by atoms with Gasteiger partial charge in [0.15, 0.2) is 11.5 Å². The zero-order chi connectivity index (χ0) is 23.1. The van der Waals surface area contributed by atoms with Gasteiger partial charge in [-0.2, -0.15) is 0 Å². The van der Waals surface area contributed by atoms with E-state index in [1.54, 1.807) is 18.2 Å². The molecule has 0 saturated heterocycles. The van der Waals surface area contributed by atoms with Crippen LogP contribution in [0.3, 0.4) is 0 Å². The number of hydrogen-bond donors (Lipinski definition) is 2. The van der Waals surface area contributed by atoms with Crippen LogP contribution in [0.15, 0.2) is 53.8 Å². The van der Waals surface area contributed by atoms with Crippen LogP contribution in [0, 0.1) is 5.82 Å². The summed E-state index contributed by atoms with van der Waals surface area (Å²) in [5.41, 5.74) is 1.36. The molecule has 3 aromatic heterocycles. The first kappa shape index (κ1) is 21.3. The summed E-state index contributed by atoms with van der Waals surface area (Å²) in [5, 5.41) is 3.91. The molecule has 5 rings (SSSR count). The number of hydrogen-bond acceptors (Lipinski definition) is 6. The minimum absolute atomic E-state index is 0.126. The molecular formula is C22H16Cl2FN7O. The van der Waals surface area contributed by atoms with Gasteiger partial charge in [-0.25, -0.2) is 24.3 Å². The molecule has 11 heteroatoms. The third kappa shape index (κ3) is 3.69.